The van der Waals surface area contributed by atoms with Gasteiger partial charge in [0.1, 0.15) is 5.75 Å². The molecule has 3 rings (SSSR count). The van der Waals surface area contributed by atoms with Crippen LogP contribution in [0.15, 0.2) is 48.5 Å². The standard InChI is InChI=1S/C17H19N3O/c1-18-11-16-15-8-3-4-9-17(15)20(19-16)12-13-6-5-7-14(10-13)21-2/h3-10,18H,11-12H2,1-2H3. The monoisotopic (exact) mass is 281 g/mol. The van der Waals surface area contributed by atoms with Crippen molar-refractivity contribution in [1.29, 1.82) is 0 Å². The van der Waals surface area contributed by atoms with Gasteiger partial charge in [-0.25, -0.2) is 0 Å². The highest BCUT2D eigenvalue weighted by molar-refractivity contribution is 5.82. The summed E-state index contributed by atoms with van der Waals surface area (Å²) in [5.41, 5.74) is 3.42. The molecule has 21 heavy (non-hydrogen) atoms. The summed E-state index contributed by atoms with van der Waals surface area (Å²) in [5.74, 6) is 0.874. The van der Waals surface area contributed by atoms with Crippen LogP contribution in [0, 0.1) is 0 Å². The predicted octanol–water partition coefficient (Wildman–Crippen LogP) is 2.81. The Morgan fingerprint density at radius 3 is 2.81 bits per heavy atom. The number of benzene rings is 2. The van der Waals surface area contributed by atoms with E-state index in [9.17, 15) is 0 Å². The lowest BCUT2D eigenvalue weighted by molar-refractivity contribution is 0.414. The van der Waals surface area contributed by atoms with E-state index >= 15 is 0 Å². The highest BCUT2D eigenvalue weighted by Gasteiger charge is 2.09. The van der Waals surface area contributed by atoms with Gasteiger partial charge in [0.15, 0.2) is 0 Å². The van der Waals surface area contributed by atoms with Crippen LogP contribution in [0.5, 0.6) is 5.75 Å². The first-order chi connectivity index (χ1) is 10.3. The summed E-state index contributed by atoms with van der Waals surface area (Å²) in [5, 5.41) is 9.12. The number of para-hydroxylation sites is 1. The molecule has 0 atom stereocenters. The van der Waals surface area contributed by atoms with E-state index in [2.05, 4.69) is 40.3 Å². The van der Waals surface area contributed by atoms with Crippen LogP contribution in [0.1, 0.15) is 11.3 Å². The van der Waals surface area contributed by atoms with Crippen molar-refractivity contribution in [3.8, 4) is 5.75 Å². The molecule has 0 bridgehead atoms. The minimum Gasteiger partial charge on any atom is -0.497 e. The topological polar surface area (TPSA) is 39.1 Å². The molecule has 1 aromatic heterocycles. The summed E-state index contributed by atoms with van der Waals surface area (Å²) >= 11 is 0. The molecule has 0 fully saturated rings. The van der Waals surface area contributed by atoms with Gasteiger partial charge >= 0.3 is 0 Å². The van der Waals surface area contributed by atoms with Crippen LogP contribution in [0.25, 0.3) is 10.9 Å². The van der Waals surface area contributed by atoms with Crippen LogP contribution in [0.3, 0.4) is 0 Å². The summed E-state index contributed by atoms with van der Waals surface area (Å²) in [6, 6.07) is 16.4. The Hall–Kier alpha value is -2.33. The number of rotatable bonds is 5. The van der Waals surface area contributed by atoms with E-state index in [-0.39, 0.29) is 0 Å². The first kappa shape index (κ1) is 13.6. The lowest BCUT2D eigenvalue weighted by Crippen LogP contribution is -2.07. The quantitative estimate of drug-likeness (QED) is 0.781. The Morgan fingerprint density at radius 1 is 1.14 bits per heavy atom. The third-order valence-corrected chi connectivity index (χ3v) is 3.55. The highest BCUT2D eigenvalue weighted by Crippen LogP contribution is 2.20. The van der Waals surface area contributed by atoms with Crippen LogP contribution in [0.2, 0.25) is 0 Å². The van der Waals surface area contributed by atoms with Crippen LogP contribution >= 0.6 is 0 Å². The van der Waals surface area contributed by atoms with E-state index in [1.54, 1.807) is 7.11 Å². The number of hydrogen-bond donors (Lipinski definition) is 1. The van der Waals surface area contributed by atoms with Crippen LogP contribution in [0.4, 0.5) is 0 Å². The normalized spacial score (nSPS) is 11.0. The van der Waals surface area contributed by atoms with Gasteiger partial charge in [-0.05, 0) is 30.8 Å². The van der Waals surface area contributed by atoms with E-state index in [1.807, 2.05) is 25.2 Å². The zero-order valence-electron chi connectivity index (χ0n) is 12.3. The third-order valence-electron chi connectivity index (χ3n) is 3.55. The number of fused-ring (bicyclic) bond motifs is 1. The summed E-state index contributed by atoms with van der Waals surface area (Å²) in [4.78, 5) is 0. The van der Waals surface area contributed by atoms with E-state index in [0.717, 1.165) is 30.0 Å². The summed E-state index contributed by atoms with van der Waals surface area (Å²) in [7, 11) is 3.63. The molecule has 108 valence electrons. The predicted molar refractivity (Wildman–Crippen MR) is 84.6 cm³/mol. The minimum atomic E-state index is 0.738. The van der Waals surface area contributed by atoms with Crippen molar-refractivity contribution >= 4 is 10.9 Å². The molecule has 0 unspecified atom stereocenters. The molecule has 0 spiro atoms. The number of nitrogens with one attached hydrogen (secondary N) is 1. The fourth-order valence-electron chi connectivity index (χ4n) is 2.56. The average molecular weight is 281 g/mol. The molecule has 4 nitrogen and oxygen atoms in total. The summed E-state index contributed by atoms with van der Waals surface area (Å²) in [6.45, 7) is 1.51. The van der Waals surface area contributed by atoms with Crippen LogP contribution in [-0.2, 0) is 13.1 Å². The van der Waals surface area contributed by atoms with Crippen LogP contribution in [-0.4, -0.2) is 23.9 Å². The van der Waals surface area contributed by atoms with Crippen molar-refractivity contribution in [2.24, 2.45) is 0 Å². The second-order valence-electron chi connectivity index (χ2n) is 5.00. The second-order valence-corrected chi connectivity index (χ2v) is 5.00. The number of aromatic nitrogens is 2. The molecule has 0 radical (unpaired) electrons. The lowest BCUT2D eigenvalue weighted by atomic mass is 10.2. The number of nitrogens with zero attached hydrogens (tertiary/aromatic N) is 2. The van der Waals surface area contributed by atoms with Crippen molar-refractivity contribution in [3.63, 3.8) is 0 Å². The van der Waals surface area contributed by atoms with Crippen molar-refractivity contribution in [2.45, 2.75) is 13.1 Å². The van der Waals surface area contributed by atoms with Gasteiger partial charge in [-0.2, -0.15) is 5.10 Å². The Balaban J connectivity index is 1.99. The zero-order valence-corrected chi connectivity index (χ0v) is 12.3. The molecule has 2 aromatic carbocycles. The molecule has 0 saturated heterocycles. The molecule has 0 saturated carbocycles. The molecule has 0 amide bonds. The highest BCUT2D eigenvalue weighted by atomic mass is 16.5. The van der Waals surface area contributed by atoms with Gasteiger partial charge in [0, 0.05) is 11.9 Å². The zero-order chi connectivity index (χ0) is 14.7. The Kier molecular flexibility index (Phi) is 3.88. The first-order valence-electron chi connectivity index (χ1n) is 7.04. The largest absolute Gasteiger partial charge is 0.497 e. The maximum absolute atomic E-state index is 5.28. The van der Waals surface area contributed by atoms with Crippen LogP contribution < -0.4 is 10.1 Å². The maximum atomic E-state index is 5.28. The summed E-state index contributed by atoms with van der Waals surface area (Å²) < 4.78 is 7.34. The van der Waals surface area contributed by atoms with Gasteiger partial charge in [0.25, 0.3) is 0 Å². The molecular weight excluding hydrogens is 262 g/mol. The van der Waals surface area contributed by atoms with Gasteiger partial charge in [-0.15, -0.1) is 0 Å². The second kappa shape index (κ2) is 5.97. The number of ether oxygens (including phenoxy) is 1. The van der Waals surface area contributed by atoms with Crippen molar-refractivity contribution in [2.75, 3.05) is 14.2 Å². The van der Waals surface area contributed by atoms with Gasteiger partial charge in [0.05, 0.1) is 24.9 Å². The fraction of sp³-hybridized carbons (Fsp3) is 0.235. The average Bonchev–Trinajstić information content (AvgIpc) is 2.86. The first-order valence-corrected chi connectivity index (χ1v) is 7.04. The van der Waals surface area contributed by atoms with Gasteiger partial charge in [-0.1, -0.05) is 30.3 Å². The Labute approximate surface area is 124 Å². The van der Waals surface area contributed by atoms with Crippen molar-refractivity contribution in [1.82, 2.24) is 15.1 Å². The number of methoxy groups -OCH3 is 1. The van der Waals surface area contributed by atoms with E-state index in [1.165, 1.54) is 10.9 Å². The van der Waals surface area contributed by atoms with E-state index in [0.29, 0.717) is 0 Å². The molecule has 1 heterocycles. The van der Waals surface area contributed by atoms with Crippen molar-refractivity contribution < 1.29 is 4.74 Å². The molecule has 1 N–H and O–H groups in total. The fourth-order valence-corrected chi connectivity index (χ4v) is 2.56. The molecule has 4 heteroatoms. The molecule has 3 aromatic rings. The van der Waals surface area contributed by atoms with Gasteiger partial charge < -0.3 is 10.1 Å². The molecule has 0 aliphatic carbocycles. The van der Waals surface area contributed by atoms with Gasteiger partial charge in [0.2, 0.25) is 0 Å². The van der Waals surface area contributed by atoms with E-state index < -0.39 is 0 Å². The maximum Gasteiger partial charge on any atom is 0.119 e. The Bertz CT molecular complexity index is 749. The SMILES string of the molecule is CNCc1nn(Cc2cccc(OC)c2)c2ccccc12. The van der Waals surface area contributed by atoms with E-state index in [4.69, 9.17) is 9.84 Å². The van der Waals surface area contributed by atoms with Gasteiger partial charge in [-0.3, -0.25) is 4.68 Å². The van der Waals surface area contributed by atoms with Crippen molar-refractivity contribution in [3.05, 3.63) is 59.8 Å². The smallest absolute Gasteiger partial charge is 0.119 e. The third kappa shape index (κ3) is 2.76. The Morgan fingerprint density at radius 2 is 2.00 bits per heavy atom. The number of hydrogen-bond acceptors (Lipinski definition) is 3. The summed E-state index contributed by atoms with van der Waals surface area (Å²) in [6.07, 6.45) is 0. The molecule has 0 aliphatic heterocycles. The lowest BCUT2D eigenvalue weighted by Gasteiger charge is -2.06. The minimum absolute atomic E-state index is 0.738. The molecular formula is C17H19N3O. The molecule has 0 aliphatic rings.